The number of benzene rings is 1. The van der Waals surface area contributed by atoms with Crippen LogP contribution in [0, 0.1) is 0 Å². The highest BCUT2D eigenvalue weighted by molar-refractivity contribution is 5.96. The largest absolute Gasteiger partial charge is 0.380 e. The number of carbonyl (C=O) groups is 1. The average molecular weight is 322 g/mol. The molecule has 0 aliphatic heterocycles. The molecule has 2 N–H and O–H groups in total. The van der Waals surface area contributed by atoms with Crippen molar-refractivity contribution in [3.63, 3.8) is 0 Å². The van der Waals surface area contributed by atoms with E-state index >= 15 is 0 Å². The topological polar surface area (TPSA) is 41.1 Å². The molecule has 3 heteroatoms. The van der Waals surface area contributed by atoms with Crippen molar-refractivity contribution in [2.45, 2.75) is 51.5 Å². The number of nitrogens with one attached hydrogen (secondary N) is 2. The molecule has 0 heterocycles. The lowest BCUT2D eigenvalue weighted by Gasteiger charge is -2.35. The Balaban J connectivity index is 1.72. The van der Waals surface area contributed by atoms with Crippen LogP contribution in [-0.2, 0) is 0 Å². The predicted molar refractivity (Wildman–Crippen MR) is 100 cm³/mol. The first-order valence-corrected chi connectivity index (χ1v) is 8.90. The summed E-state index contributed by atoms with van der Waals surface area (Å²) in [5, 5.41) is 7.08. The van der Waals surface area contributed by atoms with Crippen LogP contribution in [-0.4, -0.2) is 11.8 Å². The van der Waals surface area contributed by atoms with Gasteiger partial charge in [-0.15, -0.1) is 0 Å². The maximum absolute atomic E-state index is 11.7. The van der Waals surface area contributed by atoms with Crippen LogP contribution in [0.2, 0.25) is 0 Å². The fourth-order valence-electron chi connectivity index (χ4n) is 3.38. The Kier molecular flexibility index (Phi) is 4.89. The van der Waals surface area contributed by atoms with Crippen LogP contribution in [0.3, 0.4) is 0 Å². The molecule has 0 amide bonds. The molecule has 0 bridgehead atoms. The monoisotopic (exact) mass is 322 g/mol. The number of allylic oxidation sites excluding steroid dienone is 2. The molecule has 3 rings (SSSR count). The van der Waals surface area contributed by atoms with Gasteiger partial charge in [0.05, 0.1) is 11.4 Å². The molecule has 0 spiro atoms. The van der Waals surface area contributed by atoms with Gasteiger partial charge in [-0.25, -0.2) is 0 Å². The minimum atomic E-state index is 0.168. The molecule has 126 valence electrons. The molecule has 1 fully saturated rings. The number of carbonyl (C=O) groups excluding carboxylic acids is 1. The molecule has 1 aromatic carbocycles. The molecule has 0 saturated heterocycles. The van der Waals surface area contributed by atoms with Gasteiger partial charge in [0.1, 0.15) is 0 Å². The summed E-state index contributed by atoms with van der Waals surface area (Å²) in [5.74, 6) is 0.168. The smallest absolute Gasteiger partial charge is 0.162 e. The van der Waals surface area contributed by atoms with Gasteiger partial charge in [-0.3, -0.25) is 4.79 Å². The zero-order valence-electron chi connectivity index (χ0n) is 14.5. The number of hydrogen-bond acceptors (Lipinski definition) is 3. The van der Waals surface area contributed by atoms with Crippen molar-refractivity contribution in [2.75, 3.05) is 5.32 Å². The van der Waals surface area contributed by atoms with Crippen LogP contribution < -0.4 is 10.6 Å². The van der Waals surface area contributed by atoms with Gasteiger partial charge < -0.3 is 10.6 Å². The maximum atomic E-state index is 11.7. The summed E-state index contributed by atoms with van der Waals surface area (Å²) in [6, 6.07) is 8.18. The number of Topliss-reactive ketones (excluding diaryl/α,β-unsaturated/α-hetero) is 1. The lowest BCUT2D eigenvalue weighted by atomic mass is 9.87. The molecule has 0 atom stereocenters. The third kappa shape index (κ3) is 3.30. The van der Waals surface area contributed by atoms with Crippen molar-refractivity contribution in [3.8, 4) is 0 Å². The van der Waals surface area contributed by atoms with Gasteiger partial charge >= 0.3 is 0 Å². The molecular weight excluding hydrogens is 296 g/mol. The molecule has 0 unspecified atom stereocenters. The van der Waals surface area contributed by atoms with Gasteiger partial charge in [0, 0.05) is 34.9 Å². The maximum Gasteiger partial charge on any atom is 0.162 e. The van der Waals surface area contributed by atoms with Crippen LogP contribution >= 0.6 is 0 Å². The second-order valence-electron chi connectivity index (χ2n) is 6.67. The minimum absolute atomic E-state index is 0.168. The SMILES string of the molecule is C=C1C(=C)C(NC2CCCCC2)=C1Nc1ccc(C(=O)CC)cc1. The van der Waals surface area contributed by atoms with Crippen molar-refractivity contribution in [3.05, 3.63) is 65.5 Å². The van der Waals surface area contributed by atoms with Crippen LogP contribution in [0.1, 0.15) is 55.8 Å². The quantitative estimate of drug-likeness (QED) is 0.728. The zero-order chi connectivity index (χ0) is 17.1. The van der Waals surface area contributed by atoms with Crippen molar-refractivity contribution in [1.29, 1.82) is 0 Å². The molecule has 3 nitrogen and oxygen atoms in total. The molecule has 1 saturated carbocycles. The van der Waals surface area contributed by atoms with Gasteiger partial charge in [-0.2, -0.15) is 0 Å². The number of anilines is 1. The number of rotatable bonds is 6. The Hall–Kier alpha value is -2.29. The Morgan fingerprint density at radius 3 is 2.29 bits per heavy atom. The zero-order valence-corrected chi connectivity index (χ0v) is 14.5. The summed E-state index contributed by atoms with van der Waals surface area (Å²) in [5.41, 5.74) is 5.81. The summed E-state index contributed by atoms with van der Waals surface area (Å²) < 4.78 is 0. The first-order chi connectivity index (χ1) is 11.6. The first kappa shape index (κ1) is 16.6. The summed E-state index contributed by atoms with van der Waals surface area (Å²) in [6.07, 6.45) is 6.93. The van der Waals surface area contributed by atoms with Gasteiger partial charge in [0.15, 0.2) is 5.78 Å². The lowest BCUT2D eigenvalue weighted by Crippen LogP contribution is -2.36. The number of hydrogen-bond donors (Lipinski definition) is 2. The summed E-state index contributed by atoms with van der Waals surface area (Å²) in [7, 11) is 0. The second-order valence-corrected chi connectivity index (χ2v) is 6.67. The average Bonchev–Trinajstić information content (AvgIpc) is 2.65. The highest BCUT2D eigenvalue weighted by Gasteiger charge is 2.28. The summed E-state index contributed by atoms with van der Waals surface area (Å²) in [6.45, 7) is 10.1. The van der Waals surface area contributed by atoms with E-state index in [1.54, 1.807) is 0 Å². The Morgan fingerprint density at radius 1 is 1.04 bits per heavy atom. The third-order valence-corrected chi connectivity index (χ3v) is 4.97. The van der Waals surface area contributed by atoms with Gasteiger partial charge in [-0.1, -0.05) is 39.3 Å². The van der Waals surface area contributed by atoms with Gasteiger partial charge in [-0.05, 0) is 37.1 Å². The van der Waals surface area contributed by atoms with Crippen LogP contribution in [0.15, 0.2) is 60.0 Å². The summed E-state index contributed by atoms with van der Waals surface area (Å²) in [4.78, 5) is 11.7. The molecule has 0 aromatic heterocycles. The van der Waals surface area contributed by atoms with E-state index in [4.69, 9.17) is 0 Å². The van der Waals surface area contributed by atoms with E-state index < -0.39 is 0 Å². The third-order valence-electron chi connectivity index (χ3n) is 4.97. The molecule has 24 heavy (non-hydrogen) atoms. The van der Waals surface area contributed by atoms with E-state index in [0.29, 0.717) is 12.5 Å². The molecule has 1 aromatic rings. The van der Waals surface area contributed by atoms with E-state index in [0.717, 1.165) is 33.8 Å². The molecule has 2 aliphatic carbocycles. The first-order valence-electron chi connectivity index (χ1n) is 8.90. The van der Waals surface area contributed by atoms with Crippen molar-refractivity contribution in [2.24, 2.45) is 0 Å². The number of ketones is 1. The predicted octanol–water partition coefficient (Wildman–Crippen LogP) is 4.95. The molecule has 2 aliphatic rings. The Morgan fingerprint density at radius 2 is 1.67 bits per heavy atom. The van der Waals surface area contributed by atoms with E-state index in [9.17, 15) is 4.79 Å². The highest BCUT2D eigenvalue weighted by Crippen LogP contribution is 2.37. The van der Waals surface area contributed by atoms with Crippen LogP contribution in [0.25, 0.3) is 0 Å². The Labute approximate surface area is 144 Å². The lowest BCUT2D eigenvalue weighted by molar-refractivity contribution is 0.0988. The van der Waals surface area contributed by atoms with E-state index in [-0.39, 0.29) is 5.78 Å². The van der Waals surface area contributed by atoms with E-state index in [1.807, 2.05) is 31.2 Å². The standard InChI is InChI=1S/C21H26N2O/c1-4-19(24)16-10-12-18(13-11-16)23-21-15(3)14(2)20(21)22-17-8-6-5-7-9-17/h10-13,17,22-23H,2-9H2,1H3. The molecular formula is C21H26N2O. The van der Waals surface area contributed by atoms with Crippen molar-refractivity contribution < 1.29 is 4.79 Å². The van der Waals surface area contributed by atoms with Crippen molar-refractivity contribution >= 4 is 11.5 Å². The molecule has 0 radical (unpaired) electrons. The van der Waals surface area contributed by atoms with E-state index in [1.165, 1.54) is 32.1 Å². The second kappa shape index (κ2) is 7.08. The van der Waals surface area contributed by atoms with Crippen molar-refractivity contribution in [1.82, 2.24) is 5.32 Å². The van der Waals surface area contributed by atoms with Crippen LogP contribution in [0.5, 0.6) is 0 Å². The fraction of sp³-hybridized carbons (Fsp3) is 0.381. The highest BCUT2D eigenvalue weighted by atomic mass is 16.1. The fourth-order valence-corrected chi connectivity index (χ4v) is 3.38. The Bertz CT molecular complexity index is 691. The normalized spacial score (nSPS) is 18.4. The summed E-state index contributed by atoms with van der Waals surface area (Å²) >= 11 is 0. The van der Waals surface area contributed by atoms with Gasteiger partial charge in [0.2, 0.25) is 0 Å². The van der Waals surface area contributed by atoms with Gasteiger partial charge in [0.25, 0.3) is 0 Å². The minimum Gasteiger partial charge on any atom is -0.380 e. The van der Waals surface area contributed by atoms with Crippen LogP contribution in [0.4, 0.5) is 5.69 Å². The van der Waals surface area contributed by atoms with E-state index in [2.05, 4.69) is 23.8 Å².